The van der Waals surface area contributed by atoms with Gasteiger partial charge in [0.15, 0.2) is 0 Å². The Kier molecular flexibility index (Phi) is 4.31. The van der Waals surface area contributed by atoms with Gasteiger partial charge in [0, 0.05) is 0 Å². The highest BCUT2D eigenvalue weighted by atomic mass is 14.0. The highest BCUT2D eigenvalue weighted by Crippen LogP contribution is 2.14. The molecule has 1 aromatic rings. The minimum atomic E-state index is 1.17. The maximum absolute atomic E-state index is 2.31. The smallest absolute Gasteiger partial charge is 0.0257 e. The molecule has 0 saturated carbocycles. The van der Waals surface area contributed by atoms with E-state index >= 15 is 0 Å². The third kappa shape index (κ3) is 3.45. The van der Waals surface area contributed by atoms with Crippen molar-refractivity contribution in [3.8, 4) is 0 Å². The van der Waals surface area contributed by atoms with Gasteiger partial charge in [-0.25, -0.2) is 0 Å². The van der Waals surface area contributed by atoms with Crippen LogP contribution in [0.1, 0.15) is 38.7 Å². The van der Waals surface area contributed by atoms with E-state index in [1.807, 2.05) is 0 Å². The highest BCUT2D eigenvalue weighted by Gasteiger charge is 1.92. The average molecular weight is 174 g/mol. The van der Waals surface area contributed by atoms with Crippen molar-refractivity contribution in [1.82, 2.24) is 0 Å². The van der Waals surface area contributed by atoms with Crippen molar-refractivity contribution in [2.45, 2.75) is 33.1 Å². The van der Waals surface area contributed by atoms with Crippen LogP contribution in [0.25, 0.3) is 6.08 Å². The second-order valence-electron chi connectivity index (χ2n) is 3.32. The van der Waals surface area contributed by atoms with Crippen molar-refractivity contribution in [3.63, 3.8) is 0 Å². The summed E-state index contributed by atoms with van der Waals surface area (Å²) in [7, 11) is 0. The lowest BCUT2D eigenvalue weighted by Crippen LogP contribution is -1.80. The number of rotatable bonds is 4. The zero-order chi connectivity index (χ0) is 9.52. The van der Waals surface area contributed by atoms with E-state index in [4.69, 9.17) is 0 Å². The molecule has 1 aromatic carbocycles. The van der Waals surface area contributed by atoms with Gasteiger partial charge in [0.2, 0.25) is 0 Å². The summed E-state index contributed by atoms with van der Waals surface area (Å²) in [4.78, 5) is 0. The molecule has 0 nitrogen and oxygen atoms in total. The van der Waals surface area contributed by atoms with Crippen LogP contribution in [0.2, 0.25) is 0 Å². The van der Waals surface area contributed by atoms with E-state index in [2.05, 4.69) is 50.3 Å². The van der Waals surface area contributed by atoms with Crippen molar-refractivity contribution in [2.75, 3.05) is 0 Å². The molecule has 0 amide bonds. The minimum absolute atomic E-state index is 1.17. The summed E-state index contributed by atoms with van der Waals surface area (Å²) in [5, 5.41) is 0. The standard InChI is InChI=1S/C13H18/c1-3-8-12(4-2)11-13-9-6-5-7-10-13/h5-7,9-11H,3-4,8H2,1-2H3/b12-11+. The Morgan fingerprint density at radius 1 is 1.15 bits per heavy atom. The summed E-state index contributed by atoms with van der Waals surface area (Å²) in [6.45, 7) is 4.46. The molecule has 0 heteroatoms. The molecule has 0 spiro atoms. The lowest BCUT2D eigenvalue weighted by atomic mass is 10.0. The Morgan fingerprint density at radius 3 is 2.38 bits per heavy atom. The molecule has 0 aliphatic rings. The molecule has 0 aliphatic heterocycles. The number of benzene rings is 1. The third-order valence-corrected chi connectivity index (χ3v) is 2.20. The summed E-state index contributed by atoms with van der Waals surface area (Å²) in [6, 6.07) is 10.6. The molecule has 0 aromatic heterocycles. The maximum atomic E-state index is 2.31. The zero-order valence-electron chi connectivity index (χ0n) is 8.59. The summed E-state index contributed by atoms with van der Waals surface area (Å²) >= 11 is 0. The first-order chi connectivity index (χ1) is 6.36. The Bertz CT molecular complexity index is 257. The van der Waals surface area contributed by atoms with Gasteiger partial charge in [-0.2, -0.15) is 0 Å². The van der Waals surface area contributed by atoms with Gasteiger partial charge < -0.3 is 0 Å². The van der Waals surface area contributed by atoms with E-state index in [9.17, 15) is 0 Å². The molecule has 0 bridgehead atoms. The molecule has 0 saturated heterocycles. The predicted octanol–water partition coefficient (Wildman–Crippen LogP) is 4.28. The summed E-state index contributed by atoms with van der Waals surface area (Å²) in [6.07, 6.45) is 5.95. The largest absolute Gasteiger partial charge is 0.0699 e. The van der Waals surface area contributed by atoms with Crippen LogP contribution >= 0.6 is 0 Å². The average Bonchev–Trinajstić information content (AvgIpc) is 2.19. The van der Waals surface area contributed by atoms with Gasteiger partial charge in [-0.1, -0.05) is 62.2 Å². The molecule has 0 aliphatic carbocycles. The third-order valence-electron chi connectivity index (χ3n) is 2.20. The van der Waals surface area contributed by atoms with E-state index < -0.39 is 0 Å². The molecule has 0 fully saturated rings. The van der Waals surface area contributed by atoms with Crippen molar-refractivity contribution >= 4 is 6.08 Å². The number of allylic oxidation sites excluding steroid dienone is 1. The van der Waals surface area contributed by atoms with Crippen molar-refractivity contribution in [2.24, 2.45) is 0 Å². The Morgan fingerprint density at radius 2 is 1.85 bits per heavy atom. The van der Waals surface area contributed by atoms with Gasteiger partial charge in [0.05, 0.1) is 0 Å². The quantitative estimate of drug-likeness (QED) is 0.639. The van der Waals surface area contributed by atoms with Crippen LogP contribution in [-0.4, -0.2) is 0 Å². The lowest BCUT2D eigenvalue weighted by molar-refractivity contribution is 0.866. The summed E-state index contributed by atoms with van der Waals surface area (Å²) in [5.74, 6) is 0. The Hall–Kier alpha value is -1.04. The molecule has 0 N–H and O–H groups in total. The molecule has 1 rings (SSSR count). The van der Waals surface area contributed by atoms with Crippen LogP contribution in [0.5, 0.6) is 0 Å². The van der Waals surface area contributed by atoms with Gasteiger partial charge in [-0.15, -0.1) is 0 Å². The van der Waals surface area contributed by atoms with Crippen LogP contribution in [0.15, 0.2) is 35.9 Å². The summed E-state index contributed by atoms with van der Waals surface area (Å²) < 4.78 is 0. The Labute approximate surface area is 81.3 Å². The molecule has 0 unspecified atom stereocenters. The molecule has 13 heavy (non-hydrogen) atoms. The van der Waals surface area contributed by atoms with Crippen LogP contribution in [0, 0.1) is 0 Å². The number of hydrogen-bond donors (Lipinski definition) is 0. The van der Waals surface area contributed by atoms with Crippen LogP contribution in [0.4, 0.5) is 0 Å². The van der Waals surface area contributed by atoms with E-state index in [-0.39, 0.29) is 0 Å². The van der Waals surface area contributed by atoms with Gasteiger partial charge >= 0.3 is 0 Å². The number of hydrogen-bond acceptors (Lipinski definition) is 0. The molecule has 0 atom stereocenters. The zero-order valence-corrected chi connectivity index (χ0v) is 8.59. The van der Waals surface area contributed by atoms with E-state index in [1.54, 1.807) is 5.57 Å². The second kappa shape index (κ2) is 5.58. The van der Waals surface area contributed by atoms with E-state index in [0.717, 1.165) is 0 Å². The van der Waals surface area contributed by atoms with Gasteiger partial charge in [0.25, 0.3) is 0 Å². The van der Waals surface area contributed by atoms with Crippen LogP contribution in [-0.2, 0) is 0 Å². The monoisotopic (exact) mass is 174 g/mol. The normalized spacial score (nSPS) is 11.7. The van der Waals surface area contributed by atoms with Crippen molar-refractivity contribution < 1.29 is 0 Å². The molecule has 0 radical (unpaired) electrons. The molecule has 70 valence electrons. The van der Waals surface area contributed by atoms with Crippen molar-refractivity contribution in [3.05, 3.63) is 41.5 Å². The van der Waals surface area contributed by atoms with Gasteiger partial charge in [-0.05, 0) is 18.4 Å². The van der Waals surface area contributed by atoms with Crippen LogP contribution in [0.3, 0.4) is 0 Å². The fourth-order valence-electron chi connectivity index (χ4n) is 1.46. The Balaban J connectivity index is 2.73. The van der Waals surface area contributed by atoms with E-state index in [1.165, 1.54) is 24.8 Å². The molecule has 0 heterocycles. The summed E-state index contributed by atoms with van der Waals surface area (Å²) in [5.41, 5.74) is 2.88. The first kappa shape index (κ1) is 10.0. The maximum Gasteiger partial charge on any atom is -0.0257 e. The predicted molar refractivity (Wildman–Crippen MR) is 59.6 cm³/mol. The topological polar surface area (TPSA) is 0 Å². The SMILES string of the molecule is CCC/C(=C/c1ccccc1)CC. The fraction of sp³-hybridized carbons (Fsp3) is 0.385. The van der Waals surface area contributed by atoms with Crippen LogP contribution < -0.4 is 0 Å². The lowest BCUT2D eigenvalue weighted by Gasteiger charge is -2.01. The van der Waals surface area contributed by atoms with E-state index in [0.29, 0.717) is 0 Å². The highest BCUT2D eigenvalue weighted by molar-refractivity contribution is 5.52. The molecular formula is C13H18. The fourth-order valence-corrected chi connectivity index (χ4v) is 1.46. The minimum Gasteiger partial charge on any atom is -0.0699 e. The van der Waals surface area contributed by atoms with Gasteiger partial charge in [-0.3, -0.25) is 0 Å². The molecular weight excluding hydrogens is 156 g/mol. The van der Waals surface area contributed by atoms with Gasteiger partial charge in [0.1, 0.15) is 0 Å². The van der Waals surface area contributed by atoms with Crippen molar-refractivity contribution in [1.29, 1.82) is 0 Å². The first-order valence-corrected chi connectivity index (χ1v) is 5.11. The second-order valence-corrected chi connectivity index (χ2v) is 3.32. The first-order valence-electron chi connectivity index (χ1n) is 5.11.